The number of halogens is 4. The molecule has 1 aromatic carbocycles. The van der Waals surface area contributed by atoms with Gasteiger partial charge in [0.25, 0.3) is 11.8 Å². The number of imide groups is 1. The number of carbonyl (C=O) groups excluding carboxylic acids is 2. The topological polar surface area (TPSA) is 49.4 Å². The molecule has 0 aromatic heterocycles. The molecule has 0 spiro atoms. The summed E-state index contributed by atoms with van der Waals surface area (Å²) in [5.74, 6) is -1.16. The molecular weight excluding hydrogens is 353 g/mol. The Balaban J connectivity index is 2.33. The van der Waals surface area contributed by atoms with E-state index in [0.29, 0.717) is 9.48 Å². The third-order valence-corrected chi connectivity index (χ3v) is 3.83. The Morgan fingerprint density at radius 2 is 1.62 bits per heavy atom. The van der Waals surface area contributed by atoms with E-state index in [0.717, 1.165) is 12.1 Å². The maximum absolute atomic E-state index is 12.7. The number of hydrogen-bond donors (Lipinski definition) is 1. The number of hydrogen-bond acceptors (Lipinski definition) is 3. The van der Waals surface area contributed by atoms with Gasteiger partial charge in [-0.2, -0.15) is 18.2 Å². The van der Waals surface area contributed by atoms with Crippen LogP contribution in [0.25, 0.3) is 0 Å². The van der Waals surface area contributed by atoms with E-state index in [9.17, 15) is 22.8 Å². The Kier molecular flexibility index (Phi) is 3.83. The van der Waals surface area contributed by atoms with Crippen LogP contribution in [0.5, 0.6) is 0 Å². The fraction of sp³-hybridized carbons (Fsp3) is 0.231. The molecule has 0 saturated carbocycles. The van der Waals surface area contributed by atoms with Gasteiger partial charge in [0.15, 0.2) is 0 Å². The summed E-state index contributed by atoms with van der Waals surface area (Å²) >= 11 is 3.08. The first kappa shape index (κ1) is 15.6. The van der Waals surface area contributed by atoms with Crippen molar-refractivity contribution in [3.05, 3.63) is 39.4 Å². The second-order valence-corrected chi connectivity index (χ2v) is 5.35. The molecule has 0 fully saturated rings. The third-order valence-electron chi connectivity index (χ3n) is 3.14. The summed E-state index contributed by atoms with van der Waals surface area (Å²) in [7, 11) is 0. The van der Waals surface area contributed by atoms with Gasteiger partial charge in [-0.1, -0.05) is 0 Å². The van der Waals surface area contributed by atoms with Crippen molar-refractivity contribution in [2.45, 2.75) is 20.0 Å². The van der Waals surface area contributed by atoms with Crippen LogP contribution in [0, 0.1) is 0 Å². The molecule has 1 aromatic rings. The fourth-order valence-electron chi connectivity index (χ4n) is 1.76. The first-order valence-corrected chi connectivity index (χ1v) is 6.62. The van der Waals surface area contributed by atoms with Crippen molar-refractivity contribution in [1.29, 1.82) is 0 Å². The molecule has 21 heavy (non-hydrogen) atoms. The normalized spacial score (nSPS) is 16.0. The molecule has 1 heterocycles. The number of anilines is 1. The molecule has 0 unspecified atom stereocenters. The number of alkyl halides is 3. The summed E-state index contributed by atoms with van der Waals surface area (Å²) in [6, 6.07) is 2.93. The second kappa shape index (κ2) is 5.18. The zero-order chi connectivity index (χ0) is 15.9. The number of hydrazine groups is 1. The molecule has 4 nitrogen and oxygen atoms in total. The molecule has 0 bridgehead atoms. The summed E-state index contributed by atoms with van der Waals surface area (Å²) in [6.45, 7) is 2.97. The van der Waals surface area contributed by atoms with Crippen LogP contribution in [0.3, 0.4) is 0 Å². The molecule has 1 aliphatic rings. The Labute approximate surface area is 126 Å². The number of amides is 2. The van der Waals surface area contributed by atoms with Crippen molar-refractivity contribution < 1.29 is 22.8 Å². The van der Waals surface area contributed by atoms with Gasteiger partial charge in [-0.15, -0.1) is 0 Å². The number of benzene rings is 1. The maximum atomic E-state index is 12.7. The van der Waals surface area contributed by atoms with Crippen molar-refractivity contribution in [3.63, 3.8) is 0 Å². The monoisotopic (exact) mass is 362 g/mol. The first-order chi connectivity index (χ1) is 9.62. The first-order valence-electron chi connectivity index (χ1n) is 5.82. The van der Waals surface area contributed by atoms with Crippen LogP contribution in [0.1, 0.15) is 19.4 Å². The van der Waals surface area contributed by atoms with Crippen molar-refractivity contribution in [3.8, 4) is 0 Å². The van der Waals surface area contributed by atoms with Crippen molar-refractivity contribution in [2.24, 2.45) is 0 Å². The van der Waals surface area contributed by atoms with Gasteiger partial charge < -0.3 is 0 Å². The minimum Gasteiger partial charge on any atom is -0.287 e. The highest BCUT2D eigenvalue weighted by atomic mass is 79.9. The molecule has 1 N–H and O–H groups in total. The Bertz CT molecular complexity index is 644. The molecule has 0 aliphatic carbocycles. The van der Waals surface area contributed by atoms with Gasteiger partial charge in [0.1, 0.15) is 0 Å². The molecule has 0 radical (unpaired) electrons. The lowest BCUT2D eigenvalue weighted by Gasteiger charge is -2.19. The predicted molar refractivity (Wildman–Crippen MR) is 73.0 cm³/mol. The number of nitrogens with zero attached hydrogens (tertiary/aromatic N) is 1. The lowest BCUT2D eigenvalue weighted by molar-refractivity contribution is -0.137. The molecule has 0 atom stereocenters. The number of rotatable bonds is 2. The number of carbonyl (C=O) groups is 2. The molecule has 8 heteroatoms. The summed E-state index contributed by atoms with van der Waals surface area (Å²) < 4.78 is 38.4. The zero-order valence-electron chi connectivity index (χ0n) is 11.0. The maximum Gasteiger partial charge on any atom is 0.416 e. The van der Waals surface area contributed by atoms with E-state index >= 15 is 0 Å². The van der Waals surface area contributed by atoms with E-state index in [4.69, 9.17) is 0 Å². The summed E-state index contributed by atoms with van der Waals surface area (Å²) in [5.41, 5.74) is 2.05. The zero-order valence-corrected chi connectivity index (χ0v) is 12.6. The second-order valence-electron chi connectivity index (χ2n) is 4.50. The quantitative estimate of drug-likeness (QED) is 0.819. The SMILES string of the molecule is CC1=C(C)C(=O)N(Nc2cc(C(F)(F)F)ccc2Br)C1=O. The largest absolute Gasteiger partial charge is 0.416 e. The van der Waals surface area contributed by atoms with Crippen LogP contribution in [0.15, 0.2) is 33.8 Å². The average molecular weight is 363 g/mol. The van der Waals surface area contributed by atoms with Gasteiger partial charge in [0.2, 0.25) is 0 Å². The van der Waals surface area contributed by atoms with Gasteiger partial charge in [-0.3, -0.25) is 15.0 Å². The highest BCUT2D eigenvalue weighted by Crippen LogP contribution is 2.34. The number of nitrogens with one attached hydrogen (secondary N) is 1. The van der Waals surface area contributed by atoms with Crippen LogP contribution in [0.2, 0.25) is 0 Å². The smallest absolute Gasteiger partial charge is 0.287 e. The van der Waals surface area contributed by atoms with Crippen LogP contribution in [0.4, 0.5) is 18.9 Å². The summed E-state index contributed by atoms with van der Waals surface area (Å²) in [4.78, 5) is 23.7. The van der Waals surface area contributed by atoms with Crippen molar-refractivity contribution >= 4 is 33.4 Å². The van der Waals surface area contributed by atoms with Gasteiger partial charge in [0, 0.05) is 15.6 Å². The molecule has 2 rings (SSSR count). The molecule has 1 aliphatic heterocycles. The van der Waals surface area contributed by atoms with Gasteiger partial charge >= 0.3 is 6.18 Å². The van der Waals surface area contributed by atoms with E-state index in [1.807, 2.05) is 0 Å². The van der Waals surface area contributed by atoms with Crippen molar-refractivity contribution in [1.82, 2.24) is 5.01 Å². The Morgan fingerprint density at radius 1 is 1.10 bits per heavy atom. The molecule has 0 saturated heterocycles. The van der Waals surface area contributed by atoms with Gasteiger partial charge in [-0.25, -0.2) is 0 Å². The Hall–Kier alpha value is -1.83. The average Bonchev–Trinajstić information content (AvgIpc) is 2.57. The van der Waals surface area contributed by atoms with E-state index in [-0.39, 0.29) is 16.8 Å². The van der Waals surface area contributed by atoms with Gasteiger partial charge in [-0.05, 0) is 48.0 Å². The van der Waals surface area contributed by atoms with E-state index in [1.165, 1.54) is 19.9 Å². The minimum atomic E-state index is -4.51. The third kappa shape index (κ3) is 2.80. The highest BCUT2D eigenvalue weighted by molar-refractivity contribution is 9.10. The lowest BCUT2D eigenvalue weighted by atomic mass is 10.2. The van der Waals surface area contributed by atoms with E-state index in [1.54, 1.807) is 0 Å². The van der Waals surface area contributed by atoms with Crippen LogP contribution < -0.4 is 5.43 Å². The van der Waals surface area contributed by atoms with Crippen LogP contribution >= 0.6 is 15.9 Å². The van der Waals surface area contributed by atoms with Gasteiger partial charge in [0.05, 0.1) is 11.3 Å². The standard InChI is InChI=1S/C13H10BrF3N2O2/c1-6-7(2)12(21)19(11(6)20)18-10-5-8(13(15,16)17)3-4-9(10)14/h3-5,18H,1-2H3. The van der Waals surface area contributed by atoms with Crippen LogP contribution in [-0.4, -0.2) is 16.8 Å². The van der Waals surface area contributed by atoms with E-state index in [2.05, 4.69) is 21.4 Å². The lowest BCUT2D eigenvalue weighted by Crippen LogP contribution is -2.37. The van der Waals surface area contributed by atoms with Crippen LogP contribution in [-0.2, 0) is 15.8 Å². The highest BCUT2D eigenvalue weighted by Gasteiger charge is 2.35. The Morgan fingerprint density at radius 3 is 2.10 bits per heavy atom. The summed E-state index contributed by atoms with van der Waals surface area (Å²) in [5, 5.41) is 0.699. The minimum absolute atomic E-state index is 0.0194. The summed E-state index contributed by atoms with van der Waals surface area (Å²) in [6.07, 6.45) is -4.51. The van der Waals surface area contributed by atoms with Crippen molar-refractivity contribution in [2.75, 3.05) is 5.43 Å². The molecule has 2 amide bonds. The molecule has 112 valence electrons. The molecular formula is C13H10BrF3N2O2. The predicted octanol–water partition coefficient (Wildman–Crippen LogP) is 3.50. The fourth-order valence-corrected chi connectivity index (χ4v) is 2.09. The van der Waals surface area contributed by atoms with E-state index < -0.39 is 23.6 Å².